The number of ether oxygens (including phenoxy) is 1. The fourth-order valence-corrected chi connectivity index (χ4v) is 1.12. The average molecular weight is 211 g/mol. The van der Waals surface area contributed by atoms with E-state index in [0.717, 1.165) is 0 Å². The third-order valence-corrected chi connectivity index (χ3v) is 2.03. The lowest BCUT2D eigenvalue weighted by atomic mass is 10.1. The summed E-state index contributed by atoms with van der Waals surface area (Å²) in [5.41, 5.74) is 0.562. The Bertz CT molecular complexity index is 390. The molecule has 5 heteroatoms. The zero-order chi connectivity index (χ0) is 10.7. The van der Waals surface area contributed by atoms with Crippen LogP contribution in [-0.4, -0.2) is 23.8 Å². The molecule has 0 N–H and O–H groups in total. The van der Waals surface area contributed by atoms with Gasteiger partial charge in [-0.15, -0.1) is 12.6 Å². The van der Waals surface area contributed by atoms with Crippen LogP contribution in [0.4, 0.5) is 0 Å². The van der Waals surface area contributed by atoms with Gasteiger partial charge in [-0.3, -0.25) is 4.79 Å². The number of rotatable bonds is 2. The smallest absolute Gasteiger partial charge is 0.340 e. The van der Waals surface area contributed by atoms with Crippen molar-refractivity contribution >= 4 is 24.4 Å². The second-order valence-corrected chi connectivity index (χ2v) is 3.07. The van der Waals surface area contributed by atoms with Gasteiger partial charge in [-0.2, -0.15) is 0 Å². The number of nitrogens with zero attached hydrogens (tertiary/aromatic N) is 1. The van der Waals surface area contributed by atoms with Gasteiger partial charge in [-0.25, -0.2) is 9.78 Å². The second-order valence-electron chi connectivity index (χ2n) is 2.64. The number of aromatic nitrogens is 1. The minimum Gasteiger partial charge on any atom is -0.465 e. The van der Waals surface area contributed by atoms with E-state index >= 15 is 0 Å². The average Bonchev–Trinajstić information content (AvgIpc) is 2.17. The molecule has 1 aromatic rings. The molecule has 4 nitrogen and oxygen atoms in total. The molecule has 0 aliphatic rings. The molecule has 1 heterocycles. The first-order chi connectivity index (χ1) is 6.56. The molecule has 0 spiro atoms. The highest BCUT2D eigenvalue weighted by Gasteiger charge is 2.13. The van der Waals surface area contributed by atoms with E-state index in [1.807, 2.05) is 0 Å². The van der Waals surface area contributed by atoms with Crippen molar-refractivity contribution in [1.29, 1.82) is 0 Å². The molecule has 74 valence electrons. The van der Waals surface area contributed by atoms with E-state index in [-0.39, 0.29) is 16.4 Å². The maximum Gasteiger partial charge on any atom is 0.340 e. The molecule has 0 fully saturated rings. The quantitative estimate of drug-likeness (QED) is 0.456. The summed E-state index contributed by atoms with van der Waals surface area (Å²) in [4.78, 5) is 26.0. The number of pyridine rings is 1. The van der Waals surface area contributed by atoms with E-state index in [9.17, 15) is 9.59 Å². The van der Waals surface area contributed by atoms with E-state index in [4.69, 9.17) is 0 Å². The van der Waals surface area contributed by atoms with Crippen LogP contribution in [0.25, 0.3) is 0 Å². The summed E-state index contributed by atoms with van der Waals surface area (Å²) in [6, 6.07) is 1.42. The summed E-state index contributed by atoms with van der Waals surface area (Å²) in [5.74, 6) is -0.707. The van der Waals surface area contributed by atoms with Crippen LogP contribution in [0.1, 0.15) is 27.6 Å². The van der Waals surface area contributed by atoms with Gasteiger partial charge < -0.3 is 4.74 Å². The van der Waals surface area contributed by atoms with Gasteiger partial charge in [0.05, 0.1) is 12.7 Å². The highest BCUT2D eigenvalue weighted by Crippen LogP contribution is 2.14. The second kappa shape index (κ2) is 4.23. The van der Waals surface area contributed by atoms with Crippen molar-refractivity contribution in [3.05, 3.63) is 23.4 Å². The summed E-state index contributed by atoms with van der Waals surface area (Å²) in [6.07, 6.45) is 1.37. The Morgan fingerprint density at radius 2 is 2.14 bits per heavy atom. The number of carbonyl (C=O) groups excluding carboxylic acids is 2. The van der Waals surface area contributed by atoms with Crippen molar-refractivity contribution in [3.63, 3.8) is 0 Å². The molecule has 0 amide bonds. The molecule has 0 atom stereocenters. The lowest BCUT2D eigenvalue weighted by Gasteiger charge is -2.03. The lowest BCUT2D eigenvalue weighted by Crippen LogP contribution is -2.06. The van der Waals surface area contributed by atoms with E-state index in [2.05, 4.69) is 22.3 Å². The Labute approximate surface area is 86.7 Å². The molecule has 0 aliphatic heterocycles. The highest BCUT2D eigenvalue weighted by molar-refractivity contribution is 7.80. The first-order valence-corrected chi connectivity index (χ1v) is 4.29. The molecule has 14 heavy (non-hydrogen) atoms. The maximum atomic E-state index is 11.2. The van der Waals surface area contributed by atoms with Gasteiger partial charge in [0.15, 0.2) is 5.78 Å². The Kier molecular flexibility index (Phi) is 3.24. The summed E-state index contributed by atoms with van der Waals surface area (Å²) >= 11 is 3.98. The third-order valence-electron chi connectivity index (χ3n) is 1.68. The van der Waals surface area contributed by atoms with Gasteiger partial charge in [0.1, 0.15) is 5.03 Å². The predicted octanol–water partition coefficient (Wildman–Crippen LogP) is 1.36. The molecule has 0 radical (unpaired) electrons. The van der Waals surface area contributed by atoms with Gasteiger partial charge in [-0.05, 0) is 13.0 Å². The number of Topliss-reactive ketones (excluding diaryl/α,β-unsaturated/α-hetero) is 1. The maximum absolute atomic E-state index is 11.2. The molecule has 1 aromatic heterocycles. The molecule has 0 aromatic carbocycles. The number of methoxy groups -OCH3 is 1. The minimum absolute atomic E-state index is 0.156. The van der Waals surface area contributed by atoms with Crippen molar-refractivity contribution in [1.82, 2.24) is 4.98 Å². The van der Waals surface area contributed by atoms with Gasteiger partial charge in [0.25, 0.3) is 0 Å². The Morgan fingerprint density at radius 3 is 2.64 bits per heavy atom. The SMILES string of the molecule is COC(=O)c1cc(C(C)=O)cnc1S. The van der Waals surface area contributed by atoms with E-state index in [0.29, 0.717) is 5.56 Å². The van der Waals surface area contributed by atoms with Gasteiger partial charge in [-0.1, -0.05) is 0 Å². The minimum atomic E-state index is -0.550. The molecule has 0 unspecified atom stereocenters. The van der Waals surface area contributed by atoms with Crippen LogP contribution in [-0.2, 0) is 4.74 Å². The topological polar surface area (TPSA) is 56.3 Å². The zero-order valence-electron chi connectivity index (χ0n) is 7.77. The fraction of sp³-hybridized carbons (Fsp3) is 0.222. The number of carbonyl (C=O) groups is 2. The van der Waals surface area contributed by atoms with E-state index < -0.39 is 5.97 Å². The summed E-state index contributed by atoms with van der Waals surface area (Å²) in [7, 11) is 1.26. The fourth-order valence-electron chi connectivity index (χ4n) is 0.910. The largest absolute Gasteiger partial charge is 0.465 e. The number of thiol groups is 1. The normalized spacial score (nSPS) is 9.64. The van der Waals surface area contributed by atoms with Crippen molar-refractivity contribution in [3.8, 4) is 0 Å². The Morgan fingerprint density at radius 1 is 1.50 bits per heavy atom. The van der Waals surface area contributed by atoms with Crippen molar-refractivity contribution in [2.75, 3.05) is 7.11 Å². The van der Waals surface area contributed by atoms with Crippen LogP contribution in [0.5, 0.6) is 0 Å². The zero-order valence-corrected chi connectivity index (χ0v) is 8.67. The van der Waals surface area contributed by atoms with Crippen molar-refractivity contribution < 1.29 is 14.3 Å². The van der Waals surface area contributed by atoms with E-state index in [1.54, 1.807) is 0 Å². The van der Waals surface area contributed by atoms with E-state index in [1.165, 1.54) is 26.3 Å². The number of ketones is 1. The highest BCUT2D eigenvalue weighted by atomic mass is 32.1. The summed E-state index contributed by atoms with van der Waals surface area (Å²) in [5, 5.41) is 0.252. The van der Waals surface area contributed by atoms with Gasteiger partial charge in [0.2, 0.25) is 0 Å². The molecule has 0 aliphatic carbocycles. The van der Waals surface area contributed by atoms with Crippen LogP contribution in [0.3, 0.4) is 0 Å². The molecule has 0 saturated carbocycles. The Balaban J connectivity index is 3.21. The standard InChI is InChI=1S/C9H9NO3S/c1-5(11)6-3-7(9(12)13-2)8(14)10-4-6/h3-4H,1-2H3,(H,10,14). The predicted molar refractivity (Wildman–Crippen MR) is 52.8 cm³/mol. The molecule has 0 bridgehead atoms. The summed E-state index contributed by atoms with van der Waals surface area (Å²) < 4.78 is 4.51. The monoisotopic (exact) mass is 211 g/mol. The molecule has 0 saturated heterocycles. The Hall–Kier alpha value is -1.36. The number of hydrogen-bond acceptors (Lipinski definition) is 5. The van der Waals surface area contributed by atoms with Gasteiger partial charge in [0, 0.05) is 11.8 Å². The molecular weight excluding hydrogens is 202 g/mol. The first kappa shape index (κ1) is 10.7. The molecule has 1 rings (SSSR count). The van der Waals surface area contributed by atoms with Crippen LogP contribution in [0, 0.1) is 0 Å². The van der Waals surface area contributed by atoms with Crippen molar-refractivity contribution in [2.45, 2.75) is 11.9 Å². The van der Waals surface area contributed by atoms with Crippen LogP contribution >= 0.6 is 12.6 Å². The number of esters is 1. The van der Waals surface area contributed by atoms with Crippen LogP contribution in [0.15, 0.2) is 17.3 Å². The van der Waals surface area contributed by atoms with Crippen LogP contribution in [0.2, 0.25) is 0 Å². The number of hydrogen-bond donors (Lipinski definition) is 1. The molecular formula is C9H9NO3S. The summed E-state index contributed by atoms with van der Waals surface area (Å²) in [6.45, 7) is 1.40. The van der Waals surface area contributed by atoms with Crippen molar-refractivity contribution in [2.24, 2.45) is 0 Å². The third kappa shape index (κ3) is 2.11. The van der Waals surface area contributed by atoms with Crippen LogP contribution < -0.4 is 0 Å². The lowest BCUT2D eigenvalue weighted by molar-refractivity contribution is 0.0596. The first-order valence-electron chi connectivity index (χ1n) is 3.84. The van der Waals surface area contributed by atoms with Gasteiger partial charge >= 0.3 is 5.97 Å².